The van der Waals surface area contributed by atoms with Crippen molar-refractivity contribution in [1.29, 1.82) is 0 Å². The van der Waals surface area contributed by atoms with E-state index in [9.17, 15) is 14.4 Å². The third kappa shape index (κ3) is 2.76. The van der Waals surface area contributed by atoms with E-state index in [0.29, 0.717) is 19.5 Å². The average Bonchev–Trinajstić information content (AvgIpc) is 3.18. The molecule has 0 unspecified atom stereocenters. The van der Waals surface area contributed by atoms with Crippen LogP contribution in [0.3, 0.4) is 0 Å². The van der Waals surface area contributed by atoms with Gasteiger partial charge in [0.1, 0.15) is 5.54 Å². The van der Waals surface area contributed by atoms with Gasteiger partial charge >= 0.3 is 6.03 Å². The second-order valence-corrected chi connectivity index (χ2v) is 7.54. The standard InChI is InChI=1S/C19H24N4O3/c20-16(24)15-11-13-5-1-2-6-14(13)12-22(15)9-10-23-17(25)19(21-18(23)26)7-3-4-8-19/h1-2,5-6,15H,3-4,7-12H2,(H2,20,24)(H,21,26)/t15-/m0/s1. The maximum atomic E-state index is 12.8. The number of rotatable bonds is 4. The van der Waals surface area contributed by atoms with Gasteiger partial charge in [-0.05, 0) is 30.4 Å². The van der Waals surface area contributed by atoms with E-state index in [0.717, 1.165) is 36.8 Å². The molecule has 26 heavy (non-hydrogen) atoms. The summed E-state index contributed by atoms with van der Waals surface area (Å²) < 4.78 is 0. The van der Waals surface area contributed by atoms with Gasteiger partial charge in [-0.1, -0.05) is 37.1 Å². The molecule has 3 N–H and O–H groups in total. The van der Waals surface area contributed by atoms with Crippen LogP contribution in [0.15, 0.2) is 24.3 Å². The second kappa shape index (κ2) is 6.39. The highest BCUT2D eigenvalue weighted by Gasteiger charge is 2.52. The molecule has 1 atom stereocenters. The fraction of sp³-hybridized carbons (Fsp3) is 0.526. The molecule has 0 radical (unpaired) electrons. The molecule has 0 aromatic heterocycles. The van der Waals surface area contributed by atoms with Gasteiger partial charge in [-0.25, -0.2) is 4.79 Å². The van der Waals surface area contributed by atoms with Crippen molar-refractivity contribution >= 4 is 17.8 Å². The zero-order valence-electron chi connectivity index (χ0n) is 14.7. The lowest BCUT2D eigenvalue weighted by Gasteiger charge is -2.35. The number of primary amides is 1. The number of benzene rings is 1. The SMILES string of the molecule is NC(=O)[C@@H]1Cc2ccccc2CN1CCN1C(=O)NC2(CCCC2)C1=O. The smallest absolute Gasteiger partial charge is 0.325 e. The van der Waals surface area contributed by atoms with Crippen molar-refractivity contribution in [2.24, 2.45) is 5.73 Å². The number of urea groups is 1. The van der Waals surface area contributed by atoms with Crippen molar-refractivity contribution in [2.75, 3.05) is 13.1 Å². The molecule has 2 aliphatic heterocycles. The number of nitrogens with one attached hydrogen (secondary N) is 1. The maximum Gasteiger partial charge on any atom is 0.325 e. The Kier molecular flexibility index (Phi) is 4.19. The molecule has 1 spiro atoms. The van der Waals surface area contributed by atoms with Gasteiger partial charge in [-0.15, -0.1) is 0 Å². The highest BCUT2D eigenvalue weighted by molar-refractivity contribution is 6.07. The average molecular weight is 356 g/mol. The first-order chi connectivity index (χ1) is 12.5. The molecule has 1 aliphatic carbocycles. The number of fused-ring (bicyclic) bond motifs is 1. The van der Waals surface area contributed by atoms with E-state index in [1.165, 1.54) is 4.90 Å². The van der Waals surface area contributed by atoms with Crippen molar-refractivity contribution in [1.82, 2.24) is 15.1 Å². The lowest BCUT2D eigenvalue weighted by molar-refractivity contribution is -0.131. The third-order valence-electron chi connectivity index (χ3n) is 5.99. The van der Waals surface area contributed by atoms with Crippen LogP contribution in [0.5, 0.6) is 0 Å². The zero-order valence-corrected chi connectivity index (χ0v) is 14.7. The normalized spacial score (nSPS) is 24.8. The van der Waals surface area contributed by atoms with E-state index >= 15 is 0 Å². The lowest BCUT2D eigenvalue weighted by Crippen LogP contribution is -2.51. The highest BCUT2D eigenvalue weighted by atomic mass is 16.2. The van der Waals surface area contributed by atoms with Gasteiger partial charge in [0.05, 0.1) is 6.04 Å². The number of nitrogens with two attached hydrogens (primary N) is 1. The van der Waals surface area contributed by atoms with Gasteiger partial charge in [0.2, 0.25) is 5.91 Å². The van der Waals surface area contributed by atoms with Crippen LogP contribution in [-0.4, -0.2) is 52.3 Å². The number of amides is 4. The Bertz CT molecular complexity index is 757. The fourth-order valence-corrected chi connectivity index (χ4v) is 4.52. The second-order valence-electron chi connectivity index (χ2n) is 7.54. The number of hydrogen-bond donors (Lipinski definition) is 2. The Morgan fingerprint density at radius 1 is 1.15 bits per heavy atom. The minimum absolute atomic E-state index is 0.118. The molecule has 3 aliphatic rings. The number of carbonyl (C=O) groups excluding carboxylic acids is 3. The maximum absolute atomic E-state index is 12.8. The lowest BCUT2D eigenvalue weighted by atomic mass is 9.93. The highest BCUT2D eigenvalue weighted by Crippen LogP contribution is 2.35. The quantitative estimate of drug-likeness (QED) is 0.779. The number of imide groups is 1. The van der Waals surface area contributed by atoms with Crippen LogP contribution < -0.4 is 11.1 Å². The monoisotopic (exact) mass is 356 g/mol. The molecular formula is C19H24N4O3. The Balaban J connectivity index is 1.47. The molecule has 2 fully saturated rings. The number of nitrogens with zero attached hydrogens (tertiary/aromatic N) is 2. The van der Waals surface area contributed by atoms with Crippen molar-refractivity contribution in [3.8, 4) is 0 Å². The first-order valence-electron chi connectivity index (χ1n) is 9.24. The largest absolute Gasteiger partial charge is 0.368 e. The van der Waals surface area contributed by atoms with E-state index in [1.807, 2.05) is 29.2 Å². The molecule has 1 saturated heterocycles. The van der Waals surface area contributed by atoms with Crippen LogP contribution >= 0.6 is 0 Å². The molecule has 7 nitrogen and oxygen atoms in total. The molecular weight excluding hydrogens is 332 g/mol. The van der Waals surface area contributed by atoms with Crippen LogP contribution in [0.4, 0.5) is 4.79 Å². The molecule has 2 heterocycles. The summed E-state index contributed by atoms with van der Waals surface area (Å²) in [6.45, 7) is 1.31. The molecule has 1 aromatic rings. The van der Waals surface area contributed by atoms with Crippen molar-refractivity contribution in [2.45, 2.75) is 50.2 Å². The fourth-order valence-electron chi connectivity index (χ4n) is 4.52. The van der Waals surface area contributed by atoms with E-state index < -0.39 is 11.6 Å². The predicted octanol–water partition coefficient (Wildman–Crippen LogP) is 0.763. The molecule has 4 rings (SSSR count). The van der Waals surface area contributed by atoms with Crippen LogP contribution in [0, 0.1) is 0 Å². The predicted molar refractivity (Wildman–Crippen MR) is 95.0 cm³/mol. The Morgan fingerprint density at radius 2 is 1.85 bits per heavy atom. The summed E-state index contributed by atoms with van der Waals surface area (Å²) in [6, 6.07) is 7.27. The van der Waals surface area contributed by atoms with E-state index in [1.54, 1.807) is 0 Å². The van der Waals surface area contributed by atoms with E-state index in [4.69, 9.17) is 5.73 Å². The minimum atomic E-state index is -0.686. The summed E-state index contributed by atoms with van der Waals surface area (Å²) in [5.41, 5.74) is 7.21. The van der Waals surface area contributed by atoms with Crippen molar-refractivity contribution in [3.05, 3.63) is 35.4 Å². The minimum Gasteiger partial charge on any atom is -0.368 e. The Morgan fingerprint density at radius 3 is 2.54 bits per heavy atom. The van der Waals surface area contributed by atoms with Gasteiger partial charge in [0, 0.05) is 19.6 Å². The number of hydrogen-bond acceptors (Lipinski definition) is 4. The van der Waals surface area contributed by atoms with E-state index in [-0.39, 0.29) is 24.4 Å². The van der Waals surface area contributed by atoms with Gasteiger partial charge in [0.25, 0.3) is 5.91 Å². The molecule has 7 heteroatoms. The van der Waals surface area contributed by atoms with Crippen LogP contribution in [0.2, 0.25) is 0 Å². The van der Waals surface area contributed by atoms with Crippen LogP contribution in [0.1, 0.15) is 36.8 Å². The summed E-state index contributed by atoms with van der Waals surface area (Å²) in [5, 5.41) is 2.89. The van der Waals surface area contributed by atoms with Crippen molar-refractivity contribution < 1.29 is 14.4 Å². The van der Waals surface area contributed by atoms with Gasteiger partial charge in [0.15, 0.2) is 0 Å². The summed E-state index contributed by atoms with van der Waals surface area (Å²) in [6.07, 6.45) is 3.93. The topological polar surface area (TPSA) is 95.7 Å². The van der Waals surface area contributed by atoms with E-state index in [2.05, 4.69) is 5.32 Å². The molecule has 1 saturated carbocycles. The van der Waals surface area contributed by atoms with Crippen LogP contribution in [0.25, 0.3) is 0 Å². The molecule has 4 amide bonds. The summed E-state index contributed by atoms with van der Waals surface area (Å²) in [7, 11) is 0. The molecule has 0 bridgehead atoms. The Hall–Kier alpha value is -2.41. The van der Waals surface area contributed by atoms with Gasteiger partial charge in [-0.2, -0.15) is 0 Å². The number of carbonyl (C=O) groups is 3. The third-order valence-corrected chi connectivity index (χ3v) is 5.99. The first-order valence-corrected chi connectivity index (χ1v) is 9.24. The Labute approximate surface area is 152 Å². The first kappa shape index (κ1) is 17.0. The van der Waals surface area contributed by atoms with Crippen LogP contribution in [-0.2, 0) is 22.6 Å². The van der Waals surface area contributed by atoms with Gasteiger partial charge < -0.3 is 11.1 Å². The van der Waals surface area contributed by atoms with Gasteiger partial charge in [-0.3, -0.25) is 19.4 Å². The molecule has 138 valence electrons. The zero-order chi connectivity index (χ0) is 18.3. The summed E-state index contributed by atoms with van der Waals surface area (Å²) in [5.74, 6) is -0.489. The summed E-state index contributed by atoms with van der Waals surface area (Å²) >= 11 is 0. The molecule has 1 aromatic carbocycles. The summed E-state index contributed by atoms with van der Waals surface area (Å²) in [4.78, 5) is 40.3. The van der Waals surface area contributed by atoms with Crippen molar-refractivity contribution in [3.63, 3.8) is 0 Å².